The first kappa shape index (κ1) is 17.2. The van der Waals surface area contributed by atoms with Crippen molar-refractivity contribution >= 4 is 29.5 Å². The van der Waals surface area contributed by atoms with Gasteiger partial charge in [0.25, 0.3) is 0 Å². The normalized spacial score (nSPS) is 31.6. The third kappa shape index (κ3) is 3.84. The van der Waals surface area contributed by atoms with Gasteiger partial charge in [0.1, 0.15) is 0 Å². The van der Waals surface area contributed by atoms with E-state index in [1.807, 2.05) is 18.7 Å². The fraction of sp³-hybridized carbons (Fsp3) is 0.933. The molecule has 1 fully saturated rings. The Morgan fingerprint density at radius 3 is 2.21 bits per heavy atom. The summed E-state index contributed by atoms with van der Waals surface area (Å²) in [4.78, 5) is 12.6. The van der Waals surface area contributed by atoms with Crippen LogP contribution in [-0.4, -0.2) is 27.7 Å². The van der Waals surface area contributed by atoms with Crippen LogP contribution in [0.4, 0.5) is 0 Å². The molecule has 19 heavy (non-hydrogen) atoms. The van der Waals surface area contributed by atoms with Crippen molar-refractivity contribution in [2.24, 2.45) is 10.8 Å². The van der Waals surface area contributed by atoms with Crippen LogP contribution in [0.2, 0.25) is 0 Å². The molecule has 2 nitrogen and oxygen atoms in total. The molecule has 4 atom stereocenters. The average Bonchev–Trinajstić information content (AvgIpc) is 2.31. The van der Waals surface area contributed by atoms with Crippen LogP contribution >= 0.6 is 23.5 Å². The summed E-state index contributed by atoms with van der Waals surface area (Å²) >= 11 is 3.70. The Balaban J connectivity index is 2.69. The molecule has 0 N–H and O–H groups in total. The summed E-state index contributed by atoms with van der Waals surface area (Å²) in [7, 11) is 0. The summed E-state index contributed by atoms with van der Waals surface area (Å²) in [5.41, 5.74) is -0.480. The smallest absolute Gasteiger partial charge is 0.313 e. The number of carbonyl (C=O) groups is 1. The molecule has 0 bridgehead atoms. The lowest BCUT2D eigenvalue weighted by molar-refractivity contribution is -0.163. The summed E-state index contributed by atoms with van der Waals surface area (Å²) in [6.45, 7) is 14.9. The summed E-state index contributed by atoms with van der Waals surface area (Å²) < 4.78 is 5.80. The minimum absolute atomic E-state index is 0.0110. The molecule has 4 heteroatoms. The highest BCUT2D eigenvalue weighted by Crippen LogP contribution is 2.44. The van der Waals surface area contributed by atoms with Crippen LogP contribution < -0.4 is 0 Å². The van der Waals surface area contributed by atoms with Gasteiger partial charge in [0, 0.05) is 16.3 Å². The van der Waals surface area contributed by atoms with Gasteiger partial charge < -0.3 is 4.74 Å². The van der Waals surface area contributed by atoms with Crippen molar-refractivity contribution in [3.63, 3.8) is 0 Å². The lowest BCUT2D eigenvalue weighted by atomic mass is 9.66. The van der Waals surface area contributed by atoms with E-state index in [9.17, 15) is 4.79 Å². The summed E-state index contributed by atoms with van der Waals surface area (Å²) in [5.74, 6) is 0.869. The number of thioether (sulfide) groups is 2. The van der Waals surface area contributed by atoms with Gasteiger partial charge in [-0.25, -0.2) is 0 Å². The van der Waals surface area contributed by atoms with Crippen LogP contribution in [-0.2, 0) is 9.53 Å². The average molecular weight is 305 g/mol. The molecule has 0 aliphatic carbocycles. The standard InChI is InChI=1S/C15H28O2S2/c1-8-15(7,14(4,5)6)13(16)17-12-9-18-10(2)11(3)19-12/h10-12H,8-9H2,1-7H3. The number of hydrogen-bond acceptors (Lipinski definition) is 4. The number of rotatable bonds is 3. The maximum absolute atomic E-state index is 12.6. The second-order valence-corrected chi connectivity index (χ2v) is 9.60. The zero-order chi connectivity index (χ0) is 14.8. The number of esters is 1. The van der Waals surface area contributed by atoms with Crippen LogP contribution in [0.5, 0.6) is 0 Å². The largest absolute Gasteiger partial charge is 0.450 e. The Bertz CT molecular complexity index is 325. The Morgan fingerprint density at radius 1 is 1.21 bits per heavy atom. The van der Waals surface area contributed by atoms with Crippen molar-refractivity contribution in [3.8, 4) is 0 Å². The molecular weight excluding hydrogens is 276 g/mol. The van der Waals surface area contributed by atoms with Crippen molar-refractivity contribution in [1.29, 1.82) is 0 Å². The first-order valence-electron chi connectivity index (χ1n) is 7.10. The number of ether oxygens (including phenoxy) is 1. The van der Waals surface area contributed by atoms with Crippen molar-refractivity contribution in [2.45, 2.75) is 70.8 Å². The maximum Gasteiger partial charge on any atom is 0.313 e. The highest BCUT2D eigenvalue weighted by atomic mass is 32.2. The minimum atomic E-state index is -0.412. The Labute approximate surface area is 126 Å². The highest BCUT2D eigenvalue weighted by Gasteiger charge is 2.45. The molecule has 1 heterocycles. The van der Waals surface area contributed by atoms with Crippen molar-refractivity contribution in [3.05, 3.63) is 0 Å². The Kier molecular flexibility index (Phi) is 5.71. The molecule has 0 aromatic rings. The van der Waals surface area contributed by atoms with Gasteiger partial charge >= 0.3 is 5.97 Å². The van der Waals surface area contributed by atoms with E-state index in [0.717, 1.165) is 12.2 Å². The predicted molar refractivity (Wildman–Crippen MR) is 86.7 cm³/mol. The first-order chi connectivity index (χ1) is 8.61. The highest BCUT2D eigenvalue weighted by molar-refractivity contribution is 8.07. The van der Waals surface area contributed by atoms with E-state index in [-0.39, 0.29) is 16.8 Å². The van der Waals surface area contributed by atoms with Gasteiger partial charge in [0.2, 0.25) is 0 Å². The van der Waals surface area contributed by atoms with Gasteiger partial charge in [0.05, 0.1) is 5.41 Å². The lowest BCUT2D eigenvalue weighted by Crippen LogP contribution is -2.43. The zero-order valence-electron chi connectivity index (χ0n) is 13.3. The number of carbonyl (C=O) groups excluding carboxylic acids is 1. The van der Waals surface area contributed by atoms with Crippen LogP contribution in [0.3, 0.4) is 0 Å². The molecule has 1 saturated heterocycles. The third-order valence-corrected chi connectivity index (χ3v) is 7.79. The van der Waals surface area contributed by atoms with E-state index in [4.69, 9.17) is 4.74 Å². The monoisotopic (exact) mass is 304 g/mol. The van der Waals surface area contributed by atoms with E-state index in [1.165, 1.54) is 0 Å². The van der Waals surface area contributed by atoms with E-state index in [1.54, 1.807) is 11.8 Å². The molecule has 0 aromatic carbocycles. The van der Waals surface area contributed by atoms with Crippen LogP contribution in [0.1, 0.15) is 54.9 Å². The third-order valence-electron chi connectivity index (χ3n) is 4.57. The molecule has 0 amide bonds. The minimum Gasteiger partial charge on any atom is -0.450 e. The SMILES string of the molecule is CCC(C)(C(=O)OC1CSC(C)C(C)S1)C(C)(C)C. The van der Waals surface area contributed by atoms with Gasteiger partial charge in [-0.2, -0.15) is 11.8 Å². The van der Waals surface area contributed by atoms with Gasteiger partial charge in [-0.15, -0.1) is 11.8 Å². The van der Waals surface area contributed by atoms with Crippen LogP contribution in [0, 0.1) is 10.8 Å². The van der Waals surface area contributed by atoms with E-state index in [0.29, 0.717) is 10.5 Å². The summed E-state index contributed by atoms with van der Waals surface area (Å²) in [6, 6.07) is 0. The predicted octanol–water partition coefficient (Wildman–Crippen LogP) is 4.58. The van der Waals surface area contributed by atoms with Gasteiger partial charge in [0.15, 0.2) is 5.44 Å². The molecule has 1 rings (SSSR count). The molecule has 1 aliphatic rings. The molecule has 0 saturated carbocycles. The van der Waals surface area contributed by atoms with Crippen molar-refractivity contribution in [1.82, 2.24) is 0 Å². The Hall–Kier alpha value is 0.170. The fourth-order valence-corrected chi connectivity index (χ4v) is 4.67. The number of hydrogen-bond donors (Lipinski definition) is 0. The van der Waals surface area contributed by atoms with E-state index in [2.05, 4.69) is 41.5 Å². The van der Waals surface area contributed by atoms with Gasteiger partial charge in [-0.3, -0.25) is 4.79 Å². The fourth-order valence-electron chi connectivity index (χ4n) is 2.05. The van der Waals surface area contributed by atoms with E-state index >= 15 is 0 Å². The molecule has 112 valence electrons. The molecular formula is C15H28O2S2. The molecule has 1 aliphatic heterocycles. The summed E-state index contributed by atoms with van der Waals surface area (Å²) in [6.07, 6.45) is 0.811. The molecule has 0 spiro atoms. The van der Waals surface area contributed by atoms with Crippen molar-refractivity contribution in [2.75, 3.05) is 5.75 Å². The Morgan fingerprint density at radius 2 is 1.79 bits per heavy atom. The van der Waals surface area contributed by atoms with Crippen LogP contribution in [0.15, 0.2) is 0 Å². The quantitative estimate of drug-likeness (QED) is 0.713. The zero-order valence-corrected chi connectivity index (χ0v) is 14.9. The second kappa shape index (κ2) is 6.30. The topological polar surface area (TPSA) is 26.3 Å². The maximum atomic E-state index is 12.6. The van der Waals surface area contributed by atoms with E-state index < -0.39 is 5.41 Å². The second-order valence-electron chi connectivity index (χ2n) is 6.65. The summed E-state index contributed by atoms with van der Waals surface area (Å²) in [5, 5.41) is 1.18. The van der Waals surface area contributed by atoms with Gasteiger partial charge in [-0.1, -0.05) is 41.5 Å². The van der Waals surface area contributed by atoms with Crippen LogP contribution in [0.25, 0.3) is 0 Å². The molecule has 0 aromatic heterocycles. The van der Waals surface area contributed by atoms with Crippen molar-refractivity contribution < 1.29 is 9.53 Å². The van der Waals surface area contributed by atoms with Gasteiger partial charge in [-0.05, 0) is 18.8 Å². The lowest BCUT2D eigenvalue weighted by Gasteiger charge is -2.40. The molecule has 0 radical (unpaired) electrons. The molecule has 4 unspecified atom stereocenters. The first-order valence-corrected chi connectivity index (χ1v) is 9.09.